The topological polar surface area (TPSA) is 30.0 Å². The SMILES string of the molecule is Cc1ccc(C(=O)c2c(F)c(F)c(F)c(F)c2F)nc1. The third kappa shape index (κ3) is 2.15. The van der Waals surface area contributed by atoms with E-state index in [1.54, 1.807) is 6.92 Å². The van der Waals surface area contributed by atoms with E-state index < -0.39 is 46.1 Å². The van der Waals surface area contributed by atoms with Crippen LogP contribution in [0.4, 0.5) is 22.0 Å². The fourth-order valence-corrected chi connectivity index (χ4v) is 1.53. The first-order valence-electron chi connectivity index (χ1n) is 5.33. The molecule has 0 spiro atoms. The lowest BCUT2D eigenvalue weighted by molar-refractivity contribution is 0.102. The monoisotopic (exact) mass is 287 g/mol. The summed E-state index contributed by atoms with van der Waals surface area (Å²) in [6.07, 6.45) is 1.24. The highest BCUT2D eigenvalue weighted by Gasteiger charge is 2.30. The molecule has 2 aromatic rings. The second-order valence-electron chi connectivity index (χ2n) is 3.99. The van der Waals surface area contributed by atoms with Crippen molar-refractivity contribution in [2.24, 2.45) is 0 Å². The molecule has 0 bridgehead atoms. The molecule has 0 amide bonds. The second kappa shape index (κ2) is 4.99. The van der Waals surface area contributed by atoms with Crippen LogP contribution in [0, 0.1) is 36.0 Å². The number of rotatable bonds is 2. The maximum absolute atomic E-state index is 13.4. The lowest BCUT2D eigenvalue weighted by atomic mass is 10.0. The molecule has 0 saturated carbocycles. The van der Waals surface area contributed by atoms with Crippen molar-refractivity contribution in [3.05, 3.63) is 64.2 Å². The summed E-state index contributed by atoms with van der Waals surface area (Å²) in [5.41, 5.74) is -1.27. The van der Waals surface area contributed by atoms with E-state index in [4.69, 9.17) is 0 Å². The van der Waals surface area contributed by atoms with Crippen LogP contribution in [-0.2, 0) is 0 Å². The number of aryl methyl sites for hydroxylation is 1. The summed E-state index contributed by atoms with van der Waals surface area (Å²) < 4.78 is 65.8. The Hall–Kier alpha value is -2.31. The van der Waals surface area contributed by atoms with E-state index in [0.29, 0.717) is 5.56 Å². The maximum Gasteiger partial charge on any atom is 0.217 e. The molecule has 0 saturated heterocycles. The minimum absolute atomic E-state index is 0.418. The summed E-state index contributed by atoms with van der Waals surface area (Å²) in [6.45, 7) is 1.65. The van der Waals surface area contributed by atoms with Crippen molar-refractivity contribution in [1.29, 1.82) is 0 Å². The molecular weight excluding hydrogens is 281 g/mol. The molecule has 0 aliphatic heterocycles. The molecule has 2 nitrogen and oxygen atoms in total. The lowest BCUT2D eigenvalue weighted by Crippen LogP contribution is -2.14. The van der Waals surface area contributed by atoms with Crippen molar-refractivity contribution in [1.82, 2.24) is 4.98 Å². The molecule has 0 unspecified atom stereocenters. The molecular formula is C13H6F5NO. The highest BCUT2D eigenvalue weighted by atomic mass is 19.2. The van der Waals surface area contributed by atoms with E-state index in [2.05, 4.69) is 4.98 Å². The number of hydrogen-bond acceptors (Lipinski definition) is 2. The first-order valence-corrected chi connectivity index (χ1v) is 5.33. The van der Waals surface area contributed by atoms with Gasteiger partial charge in [-0.2, -0.15) is 0 Å². The standard InChI is InChI=1S/C13H6F5NO/c1-5-2-3-6(19-4-5)13(20)7-8(14)10(16)12(18)11(17)9(7)15/h2-4H,1H3. The molecule has 1 heterocycles. The normalized spacial score (nSPS) is 10.7. The molecule has 0 aliphatic carbocycles. The van der Waals surface area contributed by atoms with Gasteiger partial charge in [-0.3, -0.25) is 9.78 Å². The number of carbonyl (C=O) groups is 1. The quantitative estimate of drug-likeness (QED) is 0.367. The number of nitrogens with zero attached hydrogens (tertiary/aromatic N) is 1. The summed E-state index contributed by atoms with van der Waals surface area (Å²) in [5, 5.41) is 0. The Bertz CT molecular complexity index is 668. The van der Waals surface area contributed by atoms with Crippen LogP contribution in [0.5, 0.6) is 0 Å². The van der Waals surface area contributed by atoms with Crippen molar-refractivity contribution >= 4 is 5.78 Å². The van der Waals surface area contributed by atoms with Crippen molar-refractivity contribution in [3.63, 3.8) is 0 Å². The second-order valence-corrected chi connectivity index (χ2v) is 3.99. The molecule has 0 N–H and O–H groups in total. The predicted molar refractivity (Wildman–Crippen MR) is 58.6 cm³/mol. The van der Waals surface area contributed by atoms with E-state index in [0.717, 1.165) is 6.07 Å². The van der Waals surface area contributed by atoms with Gasteiger partial charge in [0.15, 0.2) is 23.3 Å². The first kappa shape index (κ1) is 14.1. The zero-order valence-corrected chi connectivity index (χ0v) is 9.98. The van der Waals surface area contributed by atoms with Crippen LogP contribution in [0.15, 0.2) is 18.3 Å². The third-order valence-electron chi connectivity index (χ3n) is 2.58. The van der Waals surface area contributed by atoms with Crippen LogP contribution < -0.4 is 0 Å². The third-order valence-corrected chi connectivity index (χ3v) is 2.58. The van der Waals surface area contributed by atoms with Crippen molar-refractivity contribution in [2.75, 3.05) is 0 Å². The Labute approximate surface area is 109 Å². The Kier molecular flexibility index (Phi) is 3.52. The average Bonchev–Trinajstić information content (AvgIpc) is 2.44. The van der Waals surface area contributed by atoms with Gasteiger partial charge < -0.3 is 0 Å². The molecule has 20 heavy (non-hydrogen) atoms. The number of benzene rings is 1. The number of aromatic nitrogens is 1. The number of hydrogen-bond donors (Lipinski definition) is 0. The maximum atomic E-state index is 13.4. The fourth-order valence-electron chi connectivity index (χ4n) is 1.53. The number of ketones is 1. The van der Waals surface area contributed by atoms with Crippen molar-refractivity contribution in [3.8, 4) is 0 Å². The molecule has 7 heteroatoms. The zero-order chi connectivity index (χ0) is 15.0. The van der Waals surface area contributed by atoms with Gasteiger partial charge in [-0.05, 0) is 18.6 Å². The summed E-state index contributed by atoms with van der Waals surface area (Å²) in [4.78, 5) is 15.4. The molecule has 1 aromatic heterocycles. The minimum Gasteiger partial charge on any atom is -0.287 e. The minimum atomic E-state index is -2.31. The van der Waals surface area contributed by atoms with Gasteiger partial charge in [-0.15, -0.1) is 0 Å². The van der Waals surface area contributed by atoms with Gasteiger partial charge in [0.05, 0.1) is 0 Å². The molecule has 0 fully saturated rings. The van der Waals surface area contributed by atoms with E-state index >= 15 is 0 Å². The highest BCUT2D eigenvalue weighted by Crippen LogP contribution is 2.24. The van der Waals surface area contributed by atoms with Gasteiger partial charge in [0, 0.05) is 6.20 Å². The Morgan fingerprint density at radius 2 is 1.40 bits per heavy atom. The smallest absolute Gasteiger partial charge is 0.217 e. The van der Waals surface area contributed by atoms with Crippen LogP contribution in [0.2, 0.25) is 0 Å². The molecule has 0 radical (unpaired) electrons. The first-order chi connectivity index (χ1) is 9.34. The largest absolute Gasteiger partial charge is 0.287 e. The van der Waals surface area contributed by atoms with Gasteiger partial charge in [-0.25, -0.2) is 22.0 Å². The molecule has 0 atom stereocenters. The zero-order valence-electron chi connectivity index (χ0n) is 9.98. The van der Waals surface area contributed by atoms with E-state index in [-0.39, 0.29) is 0 Å². The van der Waals surface area contributed by atoms with E-state index in [9.17, 15) is 26.7 Å². The predicted octanol–water partition coefficient (Wildman–Crippen LogP) is 3.32. The van der Waals surface area contributed by atoms with Gasteiger partial charge in [0.2, 0.25) is 11.6 Å². The molecule has 1 aromatic carbocycles. The van der Waals surface area contributed by atoms with Gasteiger partial charge in [0.1, 0.15) is 11.3 Å². The van der Waals surface area contributed by atoms with Crippen LogP contribution >= 0.6 is 0 Å². The summed E-state index contributed by atoms with van der Waals surface area (Å²) >= 11 is 0. The van der Waals surface area contributed by atoms with Gasteiger partial charge >= 0.3 is 0 Å². The summed E-state index contributed by atoms with van der Waals surface area (Å²) in [7, 11) is 0. The van der Waals surface area contributed by atoms with Crippen LogP contribution in [0.1, 0.15) is 21.6 Å². The summed E-state index contributed by atoms with van der Waals surface area (Å²) in [6, 6.07) is 2.56. The highest BCUT2D eigenvalue weighted by molar-refractivity contribution is 6.08. The Morgan fingerprint density at radius 3 is 1.85 bits per heavy atom. The van der Waals surface area contributed by atoms with E-state index in [1.807, 2.05) is 0 Å². The fraction of sp³-hybridized carbons (Fsp3) is 0.0769. The lowest BCUT2D eigenvalue weighted by Gasteiger charge is -2.07. The number of carbonyl (C=O) groups excluding carboxylic acids is 1. The van der Waals surface area contributed by atoms with Crippen LogP contribution in [-0.4, -0.2) is 10.8 Å². The Balaban J connectivity index is 2.64. The Morgan fingerprint density at radius 1 is 0.900 bits per heavy atom. The van der Waals surface area contributed by atoms with E-state index in [1.165, 1.54) is 12.3 Å². The number of pyridine rings is 1. The number of halogens is 5. The molecule has 104 valence electrons. The molecule has 2 rings (SSSR count). The van der Waals surface area contributed by atoms with Crippen molar-refractivity contribution < 1.29 is 26.7 Å². The summed E-state index contributed by atoms with van der Waals surface area (Å²) in [5.74, 6) is -12.4. The molecule has 0 aliphatic rings. The van der Waals surface area contributed by atoms with Crippen LogP contribution in [0.25, 0.3) is 0 Å². The van der Waals surface area contributed by atoms with Crippen molar-refractivity contribution in [2.45, 2.75) is 6.92 Å². The van der Waals surface area contributed by atoms with Gasteiger partial charge in [-0.1, -0.05) is 6.07 Å². The van der Waals surface area contributed by atoms with Crippen LogP contribution in [0.3, 0.4) is 0 Å². The average molecular weight is 287 g/mol. The van der Waals surface area contributed by atoms with Gasteiger partial charge in [0.25, 0.3) is 0 Å².